The molecule has 2 atom stereocenters. The smallest absolute Gasteiger partial charge is 0.410 e. The van der Waals surface area contributed by atoms with Gasteiger partial charge >= 0.3 is 6.09 Å². The highest BCUT2D eigenvalue weighted by Crippen LogP contribution is 2.36. The number of carbonyl (C=O) groups excluding carboxylic acids is 2. The van der Waals surface area contributed by atoms with E-state index in [0.717, 1.165) is 5.56 Å². The van der Waals surface area contributed by atoms with Gasteiger partial charge in [-0.25, -0.2) is 4.79 Å². The number of nitrogens with zero attached hydrogens (tertiary/aromatic N) is 1. The predicted molar refractivity (Wildman–Crippen MR) is 83.3 cm³/mol. The van der Waals surface area contributed by atoms with Crippen molar-refractivity contribution in [2.45, 2.75) is 38.3 Å². The van der Waals surface area contributed by atoms with E-state index < -0.39 is 5.60 Å². The number of hydrogen-bond acceptors (Lipinski definition) is 3. The third kappa shape index (κ3) is 2.65. The molecule has 2 heterocycles. The van der Waals surface area contributed by atoms with E-state index in [1.807, 2.05) is 32.9 Å². The number of fused-ring (bicyclic) bond motifs is 3. The van der Waals surface area contributed by atoms with E-state index in [1.165, 1.54) is 0 Å². The number of ether oxygens (including phenoxy) is 1. The van der Waals surface area contributed by atoms with Crippen molar-refractivity contribution in [3.63, 3.8) is 0 Å². The number of benzene rings is 1. The first-order valence-electron chi connectivity index (χ1n) is 7.33. The van der Waals surface area contributed by atoms with Crippen LogP contribution in [-0.4, -0.2) is 41.6 Å². The van der Waals surface area contributed by atoms with Crippen molar-refractivity contribution in [3.8, 4) is 0 Å². The van der Waals surface area contributed by atoms with Gasteiger partial charge in [-0.05, 0) is 32.4 Å². The van der Waals surface area contributed by atoms with Crippen LogP contribution in [0.15, 0.2) is 18.2 Å². The molecule has 1 saturated heterocycles. The van der Waals surface area contributed by atoms with Crippen LogP contribution in [0, 0.1) is 0 Å². The number of nitrogens with one attached hydrogen (secondary N) is 1. The normalized spacial score (nSPS) is 23.6. The molecule has 1 fully saturated rings. The fourth-order valence-corrected chi connectivity index (χ4v) is 3.34. The Morgan fingerprint density at radius 2 is 2.09 bits per heavy atom. The maximum atomic E-state index is 12.2. The minimum Gasteiger partial charge on any atom is -0.444 e. The van der Waals surface area contributed by atoms with E-state index in [2.05, 4.69) is 5.32 Å². The van der Waals surface area contributed by atoms with E-state index in [9.17, 15) is 9.59 Å². The monoisotopic (exact) mass is 322 g/mol. The maximum absolute atomic E-state index is 12.2. The van der Waals surface area contributed by atoms with E-state index >= 15 is 0 Å². The maximum Gasteiger partial charge on any atom is 0.410 e. The lowest BCUT2D eigenvalue weighted by molar-refractivity contribution is 0.0288. The molecule has 1 aromatic rings. The average molecular weight is 323 g/mol. The Bertz CT molecular complexity index is 639. The van der Waals surface area contributed by atoms with E-state index in [-0.39, 0.29) is 24.0 Å². The van der Waals surface area contributed by atoms with Crippen molar-refractivity contribution >= 4 is 23.6 Å². The van der Waals surface area contributed by atoms with Crippen molar-refractivity contribution in [2.75, 3.05) is 13.1 Å². The molecule has 0 aromatic heterocycles. The van der Waals surface area contributed by atoms with Gasteiger partial charge in [-0.3, -0.25) is 4.79 Å². The molecule has 22 heavy (non-hydrogen) atoms. The Kier molecular flexibility index (Phi) is 3.56. The zero-order chi connectivity index (χ0) is 16.1. The Morgan fingerprint density at radius 3 is 2.77 bits per heavy atom. The van der Waals surface area contributed by atoms with Gasteiger partial charge in [0.1, 0.15) is 5.60 Å². The molecule has 0 spiro atoms. The van der Waals surface area contributed by atoms with Gasteiger partial charge in [0.25, 0.3) is 5.91 Å². The van der Waals surface area contributed by atoms with Crippen LogP contribution in [0.4, 0.5) is 4.79 Å². The zero-order valence-corrected chi connectivity index (χ0v) is 13.6. The summed E-state index contributed by atoms with van der Waals surface area (Å²) in [5.41, 5.74) is 0.902. The number of rotatable bonds is 0. The van der Waals surface area contributed by atoms with E-state index in [0.29, 0.717) is 23.7 Å². The average Bonchev–Trinajstić information content (AvgIpc) is 2.81. The topological polar surface area (TPSA) is 58.6 Å². The summed E-state index contributed by atoms with van der Waals surface area (Å²) in [5, 5.41) is 3.40. The first-order valence-corrected chi connectivity index (χ1v) is 7.71. The minimum absolute atomic E-state index is 0.0546. The SMILES string of the molecule is CC(C)(C)OC(=O)N1C[C@@H]2NC(=O)c3c(Cl)cccc3[C@H]2C1. The molecule has 6 heteroatoms. The lowest BCUT2D eigenvalue weighted by Crippen LogP contribution is -2.44. The molecule has 0 unspecified atom stereocenters. The van der Waals surface area contributed by atoms with Gasteiger partial charge in [0.15, 0.2) is 0 Å². The Labute approximate surface area is 134 Å². The molecule has 118 valence electrons. The van der Waals surface area contributed by atoms with Crippen LogP contribution < -0.4 is 5.32 Å². The van der Waals surface area contributed by atoms with Gasteiger partial charge in [-0.15, -0.1) is 0 Å². The molecule has 1 N–H and O–H groups in total. The standard InChI is InChI=1S/C16H19ClN2O3/c1-16(2,3)22-15(21)19-7-10-9-5-4-6-11(17)13(9)14(20)18-12(10)8-19/h4-6,10,12H,7-8H2,1-3H3,(H,18,20)/t10-,12+/m1/s1. The van der Waals surface area contributed by atoms with Gasteiger partial charge in [-0.1, -0.05) is 23.7 Å². The van der Waals surface area contributed by atoms with Crippen LogP contribution in [0.1, 0.15) is 42.6 Å². The molecule has 0 radical (unpaired) electrons. The van der Waals surface area contributed by atoms with Crippen LogP contribution in [0.3, 0.4) is 0 Å². The quantitative estimate of drug-likeness (QED) is 0.799. The molecule has 0 aliphatic carbocycles. The van der Waals surface area contributed by atoms with Crippen LogP contribution >= 0.6 is 11.6 Å². The van der Waals surface area contributed by atoms with E-state index in [4.69, 9.17) is 16.3 Å². The Balaban J connectivity index is 1.85. The lowest BCUT2D eigenvalue weighted by atomic mass is 9.86. The fourth-order valence-electron chi connectivity index (χ4n) is 3.07. The van der Waals surface area contributed by atoms with Crippen molar-refractivity contribution in [2.24, 2.45) is 0 Å². The zero-order valence-electron chi connectivity index (χ0n) is 12.9. The molecular weight excluding hydrogens is 304 g/mol. The van der Waals surface area contributed by atoms with E-state index in [1.54, 1.807) is 11.0 Å². The summed E-state index contributed by atoms with van der Waals surface area (Å²) >= 11 is 6.15. The van der Waals surface area contributed by atoms with Gasteiger partial charge in [0.2, 0.25) is 0 Å². The van der Waals surface area contributed by atoms with Crippen molar-refractivity contribution in [1.82, 2.24) is 10.2 Å². The third-order valence-corrected chi connectivity index (χ3v) is 4.28. The second-order valence-corrected chi connectivity index (χ2v) is 7.18. The summed E-state index contributed by atoms with van der Waals surface area (Å²) in [6.45, 7) is 6.49. The highest BCUT2D eigenvalue weighted by molar-refractivity contribution is 6.34. The van der Waals surface area contributed by atoms with Crippen molar-refractivity contribution in [1.29, 1.82) is 0 Å². The molecule has 2 amide bonds. The fraction of sp³-hybridized carbons (Fsp3) is 0.500. The molecule has 0 bridgehead atoms. The second-order valence-electron chi connectivity index (χ2n) is 6.78. The van der Waals surface area contributed by atoms with Gasteiger partial charge in [-0.2, -0.15) is 0 Å². The summed E-state index contributed by atoms with van der Waals surface area (Å²) < 4.78 is 5.41. The summed E-state index contributed by atoms with van der Waals surface area (Å²) in [5.74, 6) is -0.119. The number of hydrogen-bond donors (Lipinski definition) is 1. The number of likely N-dealkylation sites (tertiary alicyclic amines) is 1. The highest BCUT2D eigenvalue weighted by atomic mass is 35.5. The first-order chi connectivity index (χ1) is 10.3. The van der Waals surface area contributed by atoms with Crippen molar-refractivity contribution in [3.05, 3.63) is 34.3 Å². The summed E-state index contributed by atoms with van der Waals surface area (Å²) in [6.07, 6.45) is -0.347. The molecule has 2 aliphatic rings. The summed E-state index contributed by atoms with van der Waals surface area (Å²) in [6, 6.07) is 5.37. The molecule has 1 aromatic carbocycles. The van der Waals surface area contributed by atoms with Crippen LogP contribution in [-0.2, 0) is 4.74 Å². The van der Waals surface area contributed by atoms with Crippen molar-refractivity contribution < 1.29 is 14.3 Å². The van der Waals surface area contributed by atoms with Crippen LogP contribution in [0.5, 0.6) is 0 Å². The predicted octanol–water partition coefficient (Wildman–Crippen LogP) is 2.79. The van der Waals surface area contributed by atoms with Crippen LogP contribution in [0.2, 0.25) is 5.02 Å². The second kappa shape index (κ2) is 5.16. The van der Waals surface area contributed by atoms with Gasteiger partial charge in [0, 0.05) is 19.0 Å². The molecule has 0 saturated carbocycles. The molecule has 5 nitrogen and oxygen atoms in total. The summed E-state index contributed by atoms with van der Waals surface area (Å²) in [7, 11) is 0. The highest BCUT2D eigenvalue weighted by Gasteiger charge is 2.43. The molecular formula is C16H19ClN2O3. The first kappa shape index (κ1) is 15.2. The van der Waals surface area contributed by atoms with Crippen LogP contribution in [0.25, 0.3) is 0 Å². The molecule has 3 rings (SSSR count). The largest absolute Gasteiger partial charge is 0.444 e. The third-order valence-electron chi connectivity index (χ3n) is 3.96. The summed E-state index contributed by atoms with van der Waals surface area (Å²) in [4.78, 5) is 26.1. The molecule has 2 aliphatic heterocycles. The van der Waals surface area contributed by atoms with Gasteiger partial charge < -0.3 is 15.0 Å². The van der Waals surface area contributed by atoms with Gasteiger partial charge in [0.05, 0.1) is 16.6 Å². The number of carbonyl (C=O) groups is 2. The minimum atomic E-state index is -0.532. The Hall–Kier alpha value is -1.75. The lowest BCUT2D eigenvalue weighted by Gasteiger charge is -2.28. The Morgan fingerprint density at radius 1 is 1.36 bits per heavy atom. The number of amides is 2. The number of halogens is 1.